The van der Waals surface area contributed by atoms with Crippen LogP contribution in [0.3, 0.4) is 0 Å². The Balaban J connectivity index is 1.53. The van der Waals surface area contributed by atoms with E-state index >= 15 is 0 Å². The standard InChI is InChI=1S/C24H25F3N4O3/c1-2-3-13-34-19-9-7-17(8-10-19)22-29-23(33)20(30-31-22)11-12-21(32)28-15-16-5-4-6-18(14-16)24(25,26)27/h4-10,14H,2-3,11-13,15H2,1H3,(H,28,32)(H,29,31,33). The number of hydrogen-bond acceptors (Lipinski definition) is 5. The Morgan fingerprint density at radius 3 is 2.56 bits per heavy atom. The van der Waals surface area contributed by atoms with Gasteiger partial charge in [0.2, 0.25) is 5.91 Å². The summed E-state index contributed by atoms with van der Waals surface area (Å²) in [4.78, 5) is 27.1. The highest BCUT2D eigenvalue weighted by atomic mass is 19.4. The van der Waals surface area contributed by atoms with Crippen molar-refractivity contribution in [3.63, 3.8) is 0 Å². The van der Waals surface area contributed by atoms with Gasteiger partial charge in [0, 0.05) is 24.9 Å². The molecule has 0 fully saturated rings. The lowest BCUT2D eigenvalue weighted by molar-refractivity contribution is -0.137. The number of carbonyl (C=O) groups excluding carboxylic acids is 1. The number of amides is 1. The summed E-state index contributed by atoms with van der Waals surface area (Å²) in [5.74, 6) is 0.601. The molecule has 2 aromatic carbocycles. The van der Waals surface area contributed by atoms with Gasteiger partial charge in [-0.05, 0) is 48.4 Å². The smallest absolute Gasteiger partial charge is 0.416 e. The molecule has 0 saturated carbocycles. The van der Waals surface area contributed by atoms with E-state index in [1.54, 1.807) is 24.3 Å². The van der Waals surface area contributed by atoms with Gasteiger partial charge in [0.05, 0.1) is 12.2 Å². The molecule has 0 atom stereocenters. The van der Waals surface area contributed by atoms with Gasteiger partial charge in [-0.2, -0.15) is 13.2 Å². The molecule has 0 aliphatic heterocycles. The monoisotopic (exact) mass is 474 g/mol. The maximum atomic E-state index is 12.8. The fourth-order valence-electron chi connectivity index (χ4n) is 3.08. The van der Waals surface area contributed by atoms with E-state index in [-0.39, 0.29) is 25.1 Å². The molecule has 0 saturated heterocycles. The Labute approximate surface area is 194 Å². The van der Waals surface area contributed by atoms with Crippen molar-refractivity contribution in [2.24, 2.45) is 0 Å². The Bertz CT molecular complexity index is 1160. The number of rotatable bonds is 10. The molecule has 34 heavy (non-hydrogen) atoms. The van der Waals surface area contributed by atoms with Gasteiger partial charge in [-0.3, -0.25) is 9.59 Å². The van der Waals surface area contributed by atoms with Crippen molar-refractivity contribution in [1.29, 1.82) is 0 Å². The van der Waals surface area contributed by atoms with Crippen LogP contribution in [0, 0.1) is 0 Å². The third-order valence-electron chi connectivity index (χ3n) is 4.99. The Hall–Kier alpha value is -3.69. The van der Waals surface area contributed by atoms with Gasteiger partial charge < -0.3 is 15.0 Å². The molecule has 10 heteroatoms. The molecule has 180 valence electrons. The summed E-state index contributed by atoms with van der Waals surface area (Å²) in [6.07, 6.45) is -2.46. The average molecular weight is 474 g/mol. The van der Waals surface area contributed by atoms with Crippen LogP contribution in [0.2, 0.25) is 0 Å². The third-order valence-corrected chi connectivity index (χ3v) is 4.99. The topological polar surface area (TPSA) is 97.0 Å². The second-order valence-electron chi connectivity index (χ2n) is 7.65. The van der Waals surface area contributed by atoms with Gasteiger partial charge in [0.15, 0.2) is 5.82 Å². The summed E-state index contributed by atoms with van der Waals surface area (Å²) >= 11 is 0. The number of hydrogen-bond donors (Lipinski definition) is 2. The molecule has 3 rings (SSSR count). The molecule has 0 unspecified atom stereocenters. The highest BCUT2D eigenvalue weighted by Gasteiger charge is 2.30. The van der Waals surface area contributed by atoms with E-state index in [9.17, 15) is 22.8 Å². The molecule has 1 amide bonds. The molecular formula is C24H25F3N4O3. The van der Waals surface area contributed by atoms with Gasteiger partial charge in [-0.1, -0.05) is 25.5 Å². The number of H-pyrrole nitrogens is 1. The molecule has 0 radical (unpaired) electrons. The summed E-state index contributed by atoms with van der Waals surface area (Å²) in [5.41, 5.74) is -0.152. The zero-order valence-corrected chi connectivity index (χ0v) is 18.6. The Morgan fingerprint density at radius 1 is 1.12 bits per heavy atom. The highest BCUT2D eigenvalue weighted by molar-refractivity contribution is 5.76. The fraction of sp³-hybridized carbons (Fsp3) is 0.333. The van der Waals surface area contributed by atoms with Crippen LogP contribution in [-0.2, 0) is 23.9 Å². The van der Waals surface area contributed by atoms with Crippen LogP contribution in [0.25, 0.3) is 11.4 Å². The van der Waals surface area contributed by atoms with E-state index in [1.807, 2.05) is 0 Å². The SMILES string of the molecule is CCCCOc1ccc(-c2nnc(CCC(=O)NCc3cccc(C(F)(F)F)c3)c(=O)[nH]2)cc1. The lowest BCUT2D eigenvalue weighted by atomic mass is 10.1. The van der Waals surface area contributed by atoms with Crippen LogP contribution >= 0.6 is 0 Å². The molecule has 2 N–H and O–H groups in total. The number of ether oxygens (including phenoxy) is 1. The van der Waals surface area contributed by atoms with E-state index < -0.39 is 23.2 Å². The number of aromatic nitrogens is 3. The van der Waals surface area contributed by atoms with E-state index in [4.69, 9.17) is 4.74 Å². The van der Waals surface area contributed by atoms with Gasteiger partial charge in [0.25, 0.3) is 5.56 Å². The van der Waals surface area contributed by atoms with Gasteiger partial charge >= 0.3 is 6.18 Å². The minimum Gasteiger partial charge on any atom is -0.494 e. The highest BCUT2D eigenvalue weighted by Crippen LogP contribution is 2.29. The Kier molecular flexibility index (Phi) is 8.39. The first-order valence-corrected chi connectivity index (χ1v) is 10.9. The first-order chi connectivity index (χ1) is 16.3. The van der Waals surface area contributed by atoms with E-state index in [0.717, 1.165) is 30.7 Å². The van der Waals surface area contributed by atoms with Crippen LogP contribution < -0.4 is 15.6 Å². The van der Waals surface area contributed by atoms with Crippen LogP contribution in [0.5, 0.6) is 5.75 Å². The number of benzene rings is 2. The molecule has 1 heterocycles. The van der Waals surface area contributed by atoms with Crippen molar-refractivity contribution >= 4 is 5.91 Å². The molecular weight excluding hydrogens is 449 g/mol. The molecule has 0 aliphatic rings. The second kappa shape index (κ2) is 11.4. The van der Waals surface area contributed by atoms with Crippen molar-refractivity contribution < 1.29 is 22.7 Å². The fourth-order valence-corrected chi connectivity index (χ4v) is 3.08. The zero-order valence-electron chi connectivity index (χ0n) is 18.6. The molecule has 0 spiro atoms. The van der Waals surface area contributed by atoms with Crippen LogP contribution in [0.15, 0.2) is 53.3 Å². The minimum atomic E-state index is -4.45. The average Bonchev–Trinajstić information content (AvgIpc) is 2.82. The Morgan fingerprint density at radius 2 is 1.88 bits per heavy atom. The van der Waals surface area contributed by atoms with Gasteiger partial charge in [-0.15, -0.1) is 10.2 Å². The normalized spacial score (nSPS) is 11.3. The predicted octanol–water partition coefficient (Wildman–Crippen LogP) is 4.28. The first kappa shape index (κ1) is 24.9. The van der Waals surface area contributed by atoms with Crippen molar-refractivity contribution in [1.82, 2.24) is 20.5 Å². The summed E-state index contributed by atoms with van der Waals surface area (Å²) in [6, 6.07) is 11.8. The minimum absolute atomic E-state index is 0.0429. The van der Waals surface area contributed by atoms with E-state index in [0.29, 0.717) is 23.6 Å². The first-order valence-electron chi connectivity index (χ1n) is 10.9. The van der Waals surface area contributed by atoms with E-state index in [2.05, 4.69) is 27.4 Å². The number of halogens is 3. The van der Waals surface area contributed by atoms with Crippen LogP contribution in [-0.4, -0.2) is 27.7 Å². The molecule has 0 bridgehead atoms. The number of unbranched alkanes of at least 4 members (excludes halogenated alkanes) is 1. The summed E-state index contributed by atoms with van der Waals surface area (Å²) in [7, 11) is 0. The maximum absolute atomic E-state index is 12.8. The number of aromatic amines is 1. The summed E-state index contributed by atoms with van der Waals surface area (Å²) < 4.78 is 44.0. The van der Waals surface area contributed by atoms with E-state index in [1.165, 1.54) is 12.1 Å². The molecule has 0 aliphatic carbocycles. The zero-order chi connectivity index (χ0) is 24.6. The maximum Gasteiger partial charge on any atom is 0.416 e. The van der Waals surface area contributed by atoms with Crippen molar-refractivity contribution in [2.45, 2.75) is 45.3 Å². The number of nitrogens with one attached hydrogen (secondary N) is 2. The number of aryl methyl sites for hydroxylation is 1. The van der Waals surface area contributed by atoms with Gasteiger partial charge in [0.1, 0.15) is 11.4 Å². The van der Waals surface area contributed by atoms with Crippen LogP contribution in [0.4, 0.5) is 13.2 Å². The quantitative estimate of drug-likeness (QED) is 0.428. The lowest BCUT2D eigenvalue weighted by Crippen LogP contribution is -2.25. The molecule has 7 nitrogen and oxygen atoms in total. The second-order valence-corrected chi connectivity index (χ2v) is 7.65. The lowest BCUT2D eigenvalue weighted by Gasteiger charge is -2.09. The van der Waals surface area contributed by atoms with Crippen molar-refractivity contribution in [3.8, 4) is 17.1 Å². The summed E-state index contributed by atoms with van der Waals surface area (Å²) in [6.45, 7) is 2.66. The van der Waals surface area contributed by atoms with Crippen LogP contribution in [0.1, 0.15) is 43.0 Å². The largest absolute Gasteiger partial charge is 0.494 e. The van der Waals surface area contributed by atoms with Gasteiger partial charge in [-0.25, -0.2) is 0 Å². The predicted molar refractivity (Wildman–Crippen MR) is 120 cm³/mol. The summed E-state index contributed by atoms with van der Waals surface area (Å²) in [5, 5.41) is 10.5. The number of nitrogens with zero attached hydrogens (tertiary/aromatic N) is 2. The van der Waals surface area contributed by atoms with Crippen molar-refractivity contribution in [2.75, 3.05) is 6.61 Å². The van der Waals surface area contributed by atoms with Crippen molar-refractivity contribution in [3.05, 3.63) is 75.7 Å². The number of carbonyl (C=O) groups is 1. The third kappa shape index (κ3) is 7.16. The number of alkyl halides is 3. The molecule has 3 aromatic rings. The molecule has 1 aromatic heterocycles.